The molecule has 2 aromatic carbocycles. The van der Waals surface area contributed by atoms with E-state index in [9.17, 15) is 14.0 Å². The Bertz CT molecular complexity index is 802. The second kappa shape index (κ2) is 8.53. The summed E-state index contributed by atoms with van der Waals surface area (Å²) in [6.07, 6.45) is 0.270. The average molecular weight is 371 g/mol. The molecule has 2 aromatic rings. The second-order valence-electron chi connectivity index (χ2n) is 6.29. The summed E-state index contributed by atoms with van der Waals surface area (Å²) in [5, 5.41) is 2.74. The SMILES string of the molecule is COc1ccccc1CC(=O)N1CCN(C(=O)Nc2ccc(F)cc2)CC1. The van der Waals surface area contributed by atoms with Crippen molar-refractivity contribution in [1.29, 1.82) is 0 Å². The van der Waals surface area contributed by atoms with Gasteiger partial charge in [0, 0.05) is 37.4 Å². The van der Waals surface area contributed by atoms with Gasteiger partial charge in [-0.15, -0.1) is 0 Å². The van der Waals surface area contributed by atoms with Gasteiger partial charge in [0.2, 0.25) is 5.91 Å². The van der Waals surface area contributed by atoms with Crippen molar-refractivity contribution in [3.63, 3.8) is 0 Å². The Morgan fingerprint density at radius 2 is 1.63 bits per heavy atom. The number of rotatable bonds is 4. The molecule has 1 aliphatic rings. The van der Waals surface area contributed by atoms with Gasteiger partial charge >= 0.3 is 6.03 Å². The minimum Gasteiger partial charge on any atom is -0.496 e. The zero-order chi connectivity index (χ0) is 19.2. The highest BCUT2D eigenvalue weighted by Crippen LogP contribution is 2.19. The minimum atomic E-state index is -0.352. The molecule has 0 radical (unpaired) electrons. The molecule has 1 fully saturated rings. The van der Waals surface area contributed by atoms with Crippen molar-refractivity contribution in [3.8, 4) is 5.75 Å². The monoisotopic (exact) mass is 371 g/mol. The molecule has 7 heteroatoms. The molecule has 0 aromatic heterocycles. The summed E-state index contributed by atoms with van der Waals surface area (Å²) in [5.74, 6) is 0.358. The molecule has 0 saturated carbocycles. The fourth-order valence-electron chi connectivity index (χ4n) is 3.02. The Kier molecular flexibility index (Phi) is 5.90. The Hall–Kier alpha value is -3.09. The lowest BCUT2D eigenvalue weighted by Crippen LogP contribution is -2.52. The van der Waals surface area contributed by atoms with Crippen LogP contribution in [0.15, 0.2) is 48.5 Å². The molecule has 3 rings (SSSR count). The lowest BCUT2D eigenvalue weighted by molar-refractivity contribution is -0.131. The summed E-state index contributed by atoms with van der Waals surface area (Å²) in [7, 11) is 1.59. The summed E-state index contributed by atoms with van der Waals surface area (Å²) < 4.78 is 18.2. The molecule has 0 unspecified atom stereocenters. The molecule has 6 nitrogen and oxygen atoms in total. The van der Waals surface area contributed by atoms with Crippen LogP contribution in [0.1, 0.15) is 5.56 Å². The van der Waals surface area contributed by atoms with Crippen molar-refractivity contribution in [1.82, 2.24) is 9.80 Å². The minimum absolute atomic E-state index is 0.0121. The number of carbonyl (C=O) groups excluding carboxylic acids is 2. The summed E-state index contributed by atoms with van der Waals surface area (Å²) in [4.78, 5) is 28.3. The van der Waals surface area contributed by atoms with E-state index >= 15 is 0 Å². The first-order valence-corrected chi connectivity index (χ1v) is 8.78. The number of carbonyl (C=O) groups is 2. The average Bonchev–Trinajstić information content (AvgIpc) is 2.70. The second-order valence-corrected chi connectivity index (χ2v) is 6.29. The van der Waals surface area contributed by atoms with E-state index in [0.717, 1.165) is 5.56 Å². The van der Waals surface area contributed by atoms with Crippen LogP contribution < -0.4 is 10.1 Å². The van der Waals surface area contributed by atoms with Crippen molar-refractivity contribution >= 4 is 17.6 Å². The standard InChI is InChI=1S/C20H22FN3O3/c1-27-18-5-3-2-4-15(18)14-19(25)23-10-12-24(13-11-23)20(26)22-17-8-6-16(21)7-9-17/h2-9H,10-14H2,1H3,(H,22,26). The Labute approximate surface area is 157 Å². The van der Waals surface area contributed by atoms with Crippen LogP contribution >= 0.6 is 0 Å². The first-order chi connectivity index (χ1) is 13.1. The van der Waals surface area contributed by atoms with Gasteiger partial charge < -0.3 is 19.9 Å². The molecular weight excluding hydrogens is 349 g/mol. The summed E-state index contributed by atoms with van der Waals surface area (Å²) in [6, 6.07) is 12.8. The normalized spacial score (nSPS) is 14.0. The van der Waals surface area contributed by atoms with Crippen molar-refractivity contribution < 1.29 is 18.7 Å². The summed E-state index contributed by atoms with van der Waals surface area (Å²) in [5.41, 5.74) is 1.39. The van der Waals surface area contributed by atoms with Gasteiger partial charge in [0.1, 0.15) is 11.6 Å². The number of nitrogens with zero attached hydrogens (tertiary/aromatic N) is 2. The number of ether oxygens (including phenoxy) is 1. The quantitative estimate of drug-likeness (QED) is 0.899. The Morgan fingerprint density at radius 3 is 2.30 bits per heavy atom. The Balaban J connectivity index is 1.51. The van der Waals surface area contributed by atoms with E-state index < -0.39 is 0 Å². The van der Waals surface area contributed by atoms with Gasteiger partial charge in [0.15, 0.2) is 0 Å². The third-order valence-electron chi connectivity index (χ3n) is 4.55. The lowest BCUT2D eigenvalue weighted by Gasteiger charge is -2.34. The van der Waals surface area contributed by atoms with E-state index in [4.69, 9.17) is 4.74 Å². The maximum Gasteiger partial charge on any atom is 0.321 e. The lowest BCUT2D eigenvalue weighted by atomic mass is 10.1. The first kappa shape index (κ1) is 18.7. The molecule has 1 aliphatic heterocycles. The molecule has 0 spiro atoms. The van der Waals surface area contributed by atoms with Crippen LogP contribution in [0.3, 0.4) is 0 Å². The van der Waals surface area contributed by atoms with Gasteiger partial charge in [0.25, 0.3) is 0 Å². The van der Waals surface area contributed by atoms with Gasteiger partial charge in [0.05, 0.1) is 13.5 Å². The fraction of sp³-hybridized carbons (Fsp3) is 0.300. The topological polar surface area (TPSA) is 61.9 Å². The van der Waals surface area contributed by atoms with Gasteiger partial charge in [-0.25, -0.2) is 9.18 Å². The van der Waals surface area contributed by atoms with E-state index in [1.807, 2.05) is 24.3 Å². The van der Waals surface area contributed by atoms with Crippen LogP contribution in [0.25, 0.3) is 0 Å². The van der Waals surface area contributed by atoms with Crippen LogP contribution in [0.2, 0.25) is 0 Å². The number of anilines is 1. The van der Waals surface area contributed by atoms with Crippen molar-refractivity contribution in [3.05, 3.63) is 59.9 Å². The summed E-state index contributed by atoms with van der Waals surface area (Å²) >= 11 is 0. The van der Waals surface area contributed by atoms with Gasteiger partial charge in [-0.1, -0.05) is 18.2 Å². The molecular formula is C20H22FN3O3. The third-order valence-corrected chi connectivity index (χ3v) is 4.55. The van der Waals surface area contributed by atoms with Gasteiger partial charge in [-0.05, 0) is 30.3 Å². The molecule has 1 saturated heterocycles. The van der Waals surface area contributed by atoms with Crippen molar-refractivity contribution in [2.45, 2.75) is 6.42 Å². The number of methoxy groups -OCH3 is 1. The molecule has 1 N–H and O–H groups in total. The molecule has 0 bridgehead atoms. The van der Waals surface area contributed by atoms with Crippen LogP contribution in [-0.2, 0) is 11.2 Å². The number of halogens is 1. The van der Waals surface area contributed by atoms with Crippen LogP contribution in [0.4, 0.5) is 14.9 Å². The number of urea groups is 1. The third kappa shape index (κ3) is 4.75. The fourth-order valence-corrected chi connectivity index (χ4v) is 3.02. The molecule has 0 atom stereocenters. The number of hydrogen-bond donors (Lipinski definition) is 1. The number of hydrogen-bond acceptors (Lipinski definition) is 3. The molecule has 0 aliphatic carbocycles. The highest BCUT2D eigenvalue weighted by molar-refractivity contribution is 5.89. The van der Waals surface area contributed by atoms with Crippen molar-refractivity contribution in [2.24, 2.45) is 0 Å². The van der Waals surface area contributed by atoms with Gasteiger partial charge in [-0.3, -0.25) is 4.79 Å². The van der Waals surface area contributed by atoms with Gasteiger partial charge in [-0.2, -0.15) is 0 Å². The van der Waals surface area contributed by atoms with E-state index in [2.05, 4.69) is 5.32 Å². The maximum absolute atomic E-state index is 12.9. The first-order valence-electron chi connectivity index (χ1n) is 8.78. The smallest absolute Gasteiger partial charge is 0.321 e. The number of nitrogens with one attached hydrogen (secondary N) is 1. The predicted octanol–water partition coefficient (Wildman–Crippen LogP) is 2.75. The number of benzene rings is 2. The number of para-hydroxylation sites is 1. The zero-order valence-electron chi connectivity index (χ0n) is 15.2. The molecule has 1 heterocycles. The van der Waals surface area contributed by atoms with E-state index in [1.54, 1.807) is 16.9 Å². The molecule has 142 valence electrons. The van der Waals surface area contributed by atoms with E-state index in [1.165, 1.54) is 24.3 Å². The van der Waals surface area contributed by atoms with Crippen molar-refractivity contribution in [2.75, 3.05) is 38.6 Å². The summed E-state index contributed by atoms with van der Waals surface area (Å²) in [6.45, 7) is 1.85. The molecule has 27 heavy (non-hydrogen) atoms. The predicted molar refractivity (Wildman–Crippen MR) is 100 cm³/mol. The molecule has 3 amide bonds. The highest BCUT2D eigenvalue weighted by atomic mass is 19.1. The van der Waals surface area contributed by atoms with Crippen LogP contribution in [0.5, 0.6) is 5.75 Å². The zero-order valence-corrected chi connectivity index (χ0v) is 15.2. The highest BCUT2D eigenvalue weighted by Gasteiger charge is 2.24. The number of piperazine rings is 1. The van der Waals surface area contributed by atoms with Crippen LogP contribution in [-0.4, -0.2) is 55.0 Å². The number of amides is 3. The largest absolute Gasteiger partial charge is 0.496 e. The van der Waals surface area contributed by atoms with E-state index in [0.29, 0.717) is 37.6 Å². The van der Waals surface area contributed by atoms with E-state index in [-0.39, 0.29) is 24.2 Å². The Morgan fingerprint density at radius 1 is 1.00 bits per heavy atom. The van der Waals surface area contributed by atoms with Crippen LogP contribution in [0, 0.1) is 5.82 Å². The maximum atomic E-state index is 12.9.